The number of fused-ring (bicyclic) bond motifs is 1. The van der Waals surface area contributed by atoms with Crippen molar-refractivity contribution in [3.63, 3.8) is 0 Å². The highest BCUT2D eigenvalue weighted by atomic mass is 35.5. The minimum Gasteiger partial charge on any atom is -0.351 e. The summed E-state index contributed by atoms with van der Waals surface area (Å²) in [6, 6.07) is 15.3. The van der Waals surface area contributed by atoms with E-state index in [2.05, 4.69) is 15.6 Å². The molecule has 0 aliphatic carbocycles. The van der Waals surface area contributed by atoms with Crippen LogP contribution in [0, 0.1) is 0 Å². The molecule has 32 heavy (non-hydrogen) atoms. The third kappa shape index (κ3) is 4.86. The summed E-state index contributed by atoms with van der Waals surface area (Å²) in [5, 5.41) is 6.94. The first-order valence-electron chi connectivity index (χ1n) is 10.4. The summed E-state index contributed by atoms with van der Waals surface area (Å²) < 4.78 is 0. The number of amides is 4. The summed E-state index contributed by atoms with van der Waals surface area (Å²) in [7, 11) is 0. The van der Waals surface area contributed by atoms with Gasteiger partial charge in [0, 0.05) is 47.8 Å². The summed E-state index contributed by atoms with van der Waals surface area (Å²) in [6.07, 6.45) is 0. The van der Waals surface area contributed by atoms with Gasteiger partial charge < -0.3 is 25.4 Å². The molecule has 4 amide bonds. The summed E-state index contributed by atoms with van der Waals surface area (Å²) in [5.41, 5.74) is 2.02. The van der Waals surface area contributed by atoms with Crippen LogP contribution in [0.25, 0.3) is 10.9 Å². The Bertz CT molecular complexity index is 1120. The van der Waals surface area contributed by atoms with Crippen LogP contribution in [-0.2, 0) is 4.79 Å². The lowest BCUT2D eigenvalue weighted by atomic mass is 10.2. The number of hydrogen-bond acceptors (Lipinski definition) is 3. The van der Waals surface area contributed by atoms with Crippen molar-refractivity contribution in [3.8, 4) is 0 Å². The maximum atomic E-state index is 12.8. The number of urea groups is 1. The van der Waals surface area contributed by atoms with Gasteiger partial charge in [0.2, 0.25) is 5.91 Å². The quantitative estimate of drug-likeness (QED) is 0.565. The summed E-state index contributed by atoms with van der Waals surface area (Å²) in [4.78, 5) is 44.3. The van der Waals surface area contributed by atoms with E-state index in [-0.39, 0.29) is 17.8 Å². The van der Waals surface area contributed by atoms with Gasteiger partial charge in [-0.25, -0.2) is 4.79 Å². The molecule has 2 heterocycles. The van der Waals surface area contributed by atoms with Crippen LogP contribution < -0.4 is 10.6 Å². The highest BCUT2D eigenvalue weighted by Crippen LogP contribution is 2.17. The number of rotatable bonds is 4. The van der Waals surface area contributed by atoms with Crippen molar-refractivity contribution in [2.75, 3.05) is 31.5 Å². The molecule has 3 aromatic rings. The van der Waals surface area contributed by atoms with Crippen LogP contribution in [0.1, 0.15) is 17.4 Å². The number of para-hydroxylation sites is 1. The molecule has 0 bridgehead atoms. The molecule has 2 aromatic carbocycles. The summed E-state index contributed by atoms with van der Waals surface area (Å²) in [6.45, 7) is 3.24. The van der Waals surface area contributed by atoms with Gasteiger partial charge in [-0.1, -0.05) is 35.9 Å². The Balaban J connectivity index is 1.28. The SMILES string of the molecule is C[C@@H](NC(=O)N1CCN(C(=O)c2cc3ccccc3[nH]2)CC1)C(=O)Nc1cccc(Cl)c1. The highest BCUT2D eigenvalue weighted by Gasteiger charge is 2.27. The first-order chi connectivity index (χ1) is 15.4. The van der Waals surface area contributed by atoms with Gasteiger partial charge in [-0.3, -0.25) is 9.59 Å². The fourth-order valence-corrected chi connectivity index (χ4v) is 3.82. The summed E-state index contributed by atoms with van der Waals surface area (Å²) >= 11 is 5.93. The molecule has 9 heteroatoms. The molecule has 1 aliphatic rings. The predicted molar refractivity (Wildman–Crippen MR) is 124 cm³/mol. The largest absolute Gasteiger partial charge is 0.351 e. The number of aromatic amines is 1. The lowest BCUT2D eigenvalue weighted by Crippen LogP contribution is -2.55. The van der Waals surface area contributed by atoms with Crippen LogP contribution in [0.15, 0.2) is 54.6 Å². The standard InChI is InChI=1S/C23H24ClN5O3/c1-15(21(30)26-18-7-4-6-17(24)14-18)25-23(32)29-11-9-28(10-12-29)22(31)20-13-16-5-2-3-8-19(16)27-20/h2-8,13-15,27H,9-12H2,1H3,(H,25,32)(H,26,30)/t15-/m1/s1. The molecule has 4 rings (SSSR count). The van der Waals surface area contributed by atoms with Gasteiger partial charge in [-0.2, -0.15) is 0 Å². The third-order valence-corrected chi connectivity index (χ3v) is 5.67. The number of benzene rings is 2. The van der Waals surface area contributed by atoms with E-state index in [0.29, 0.717) is 42.6 Å². The van der Waals surface area contributed by atoms with Gasteiger partial charge in [0.25, 0.3) is 5.91 Å². The maximum Gasteiger partial charge on any atom is 0.318 e. The topological polar surface area (TPSA) is 97.5 Å². The number of carbonyl (C=O) groups excluding carboxylic acids is 3. The molecule has 1 aliphatic heterocycles. The fraction of sp³-hybridized carbons (Fsp3) is 0.261. The van der Waals surface area contributed by atoms with Crippen LogP contribution in [-0.4, -0.2) is 64.9 Å². The third-order valence-electron chi connectivity index (χ3n) is 5.44. The van der Waals surface area contributed by atoms with Gasteiger partial charge in [-0.15, -0.1) is 0 Å². The zero-order valence-corrected chi connectivity index (χ0v) is 18.4. The van der Waals surface area contributed by atoms with Gasteiger partial charge in [-0.05, 0) is 37.3 Å². The second-order valence-corrected chi connectivity index (χ2v) is 8.16. The molecule has 0 saturated carbocycles. The Labute approximate surface area is 190 Å². The van der Waals surface area contributed by atoms with Crippen LogP contribution in [0.4, 0.5) is 10.5 Å². The number of aromatic nitrogens is 1. The van der Waals surface area contributed by atoms with Gasteiger partial charge >= 0.3 is 6.03 Å². The Hall–Kier alpha value is -3.52. The fourth-order valence-electron chi connectivity index (χ4n) is 3.63. The number of nitrogens with one attached hydrogen (secondary N) is 3. The van der Waals surface area contributed by atoms with E-state index in [0.717, 1.165) is 10.9 Å². The number of hydrogen-bond donors (Lipinski definition) is 3. The van der Waals surface area contributed by atoms with Gasteiger partial charge in [0.05, 0.1) is 0 Å². The van der Waals surface area contributed by atoms with Crippen molar-refractivity contribution in [2.24, 2.45) is 0 Å². The number of halogens is 1. The number of anilines is 1. The van der Waals surface area contributed by atoms with E-state index < -0.39 is 6.04 Å². The molecule has 1 fully saturated rings. The monoisotopic (exact) mass is 453 g/mol. The Morgan fingerprint density at radius 2 is 1.69 bits per heavy atom. The molecule has 166 valence electrons. The smallest absolute Gasteiger partial charge is 0.318 e. The Morgan fingerprint density at radius 1 is 0.969 bits per heavy atom. The lowest BCUT2D eigenvalue weighted by Gasteiger charge is -2.35. The molecule has 1 saturated heterocycles. The maximum absolute atomic E-state index is 12.8. The lowest BCUT2D eigenvalue weighted by molar-refractivity contribution is -0.117. The van der Waals surface area contributed by atoms with Crippen molar-refractivity contribution >= 4 is 46.0 Å². The molecule has 3 N–H and O–H groups in total. The molecule has 8 nitrogen and oxygen atoms in total. The first-order valence-corrected chi connectivity index (χ1v) is 10.8. The van der Waals surface area contributed by atoms with Crippen LogP contribution >= 0.6 is 11.6 Å². The minimum atomic E-state index is -0.729. The van der Waals surface area contributed by atoms with E-state index in [9.17, 15) is 14.4 Å². The first kappa shape index (κ1) is 21.7. The normalized spacial score (nSPS) is 14.8. The van der Waals surface area contributed by atoms with Crippen molar-refractivity contribution in [3.05, 3.63) is 65.3 Å². The van der Waals surface area contributed by atoms with Gasteiger partial charge in [0.15, 0.2) is 0 Å². The number of piperazine rings is 1. The number of carbonyl (C=O) groups is 3. The molecule has 1 atom stereocenters. The molecule has 0 spiro atoms. The molecular formula is C23H24ClN5O3. The van der Waals surface area contributed by atoms with E-state index in [1.54, 1.807) is 41.0 Å². The molecule has 0 radical (unpaired) electrons. The van der Waals surface area contributed by atoms with Crippen LogP contribution in [0.5, 0.6) is 0 Å². The van der Waals surface area contributed by atoms with Crippen LogP contribution in [0.3, 0.4) is 0 Å². The predicted octanol–water partition coefficient (Wildman–Crippen LogP) is 3.32. The zero-order valence-electron chi connectivity index (χ0n) is 17.6. The number of nitrogens with zero attached hydrogens (tertiary/aromatic N) is 2. The highest BCUT2D eigenvalue weighted by molar-refractivity contribution is 6.30. The van der Waals surface area contributed by atoms with E-state index in [1.165, 1.54) is 0 Å². The van der Waals surface area contributed by atoms with E-state index in [4.69, 9.17) is 11.6 Å². The van der Waals surface area contributed by atoms with Crippen molar-refractivity contribution in [2.45, 2.75) is 13.0 Å². The van der Waals surface area contributed by atoms with Crippen molar-refractivity contribution in [1.82, 2.24) is 20.1 Å². The van der Waals surface area contributed by atoms with E-state index in [1.807, 2.05) is 30.3 Å². The molecule has 0 unspecified atom stereocenters. The Morgan fingerprint density at radius 3 is 2.41 bits per heavy atom. The van der Waals surface area contributed by atoms with Crippen molar-refractivity contribution in [1.29, 1.82) is 0 Å². The number of H-pyrrole nitrogens is 1. The van der Waals surface area contributed by atoms with Crippen LogP contribution in [0.2, 0.25) is 5.02 Å². The average molecular weight is 454 g/mol. The second kappa shape index (κ2) is 9.32. The van der Waals surface area contributed by atoms with Gasteiger partial charge in [0.1, 0.15) is 11.7 Å². The molecular weight excluding hydrogens is 430 g/mol. The van der Waals surface area contributed by atoms with E-state index >= 15 is 0 Å². The van der Waals surface area contributed by atoms with Crippen molar-refractivity contribution < 1.29 is 14.4 Å². The zero-order chi connectivity index (χ0) is 22.7. The minimum absolute atomic E-state index is 0.0875. The average Bonchev–Trinajstić information content (AvgIpc) is 3.23. The second-order valence-electron chi connectivity index (χ2n) is 7.72. The molecule has 1 aromatic heterocycles. The summed E-state index contributed by atoms with van der Waals surface area (Å²) in [5.74, 6) is -0.427. The Kier molecular flexibility index (Phi) is 6.32.